The summed E-state index contributed by atoms with van der Waals surface area (Å²) in [6.07, 6.45) is 1.07. The van der Waals surface area contributed by atoms with Crippen molar-refractivity contribution in [2.24, 2.45) is 0 Å². The summed E-state index contributed by atoms with van der Waals surface area (Å²) >= 11 is 0. The van der Waals surface area contributed by atoms with Gasteiger partial charge in [0.05, 0.1) is 22.6 Å². The zero-order valence-electron chi connectivity index (χ0n) is 13.8. The lowest BCUT2D eigenvalue weighted by atomic mass is 10.2. The number of carbonyl (C=O) groups is 1. The minimum Gasteiger partial charge on any atom is -0.351 e. The molecule has 5 nitrogen and oxygen atoms in total. The smallest absolute Gasteiger partial charge is 0.255 e. The topological polar surface area (TPSA) is 58.9 Å². The highest BCUT2D eigenvalue weighted by molar-refractivity contribution is 5.96. The molecule has 1 aromatic carbocycles. The molecule has 0 bridgehead atoms. The largest absolute Gasteiger partial charge is 0.351 e. The van der Waals surface area contributed by atoms with Crippen LogP contribution in [0.4, 0.5) is 4.39 Å². The van der Waals surface area contributed by atoms with E-state index in [-0.39, 0.29) is 11.7 Å². The van der Waals surface area contributed by atoms with Crippen LogP contribution in [0.3, 0.4) is 0 Å². The van der Waals surface area contributed by atoms with Crippen LogP contribution in [0, 0.1) is 19.7 Å². The van der Waals surface area contributed by atoms with Gasteiger partial charge in [0.1, 0.15) is 5.82 Å². The maximum absolute atomic E-state index is 13.0. The highest BCUT2D eigenvalue weighted by Crippen LogP contribution is 2.18. The van der Waals surface area contributed by atoms with Gasteiger partial charge in [-0.2, -0.15) is 5.10 Å². The third-order valence-corrected chi connectivity index (χ3v) is 3.60. The van der Waals surface area contributed by atoms with Crippen molar-refractivity contribution in [2.45, 2.75) is 27.2 Å². The number of aryl methyl sites for hydroxylation is 1. The fourth-order valence-corrected chi connectivity index (χ4v) is 2.46. The van der Waals surface area contributed by atoms with Gasteiger partial charge >= 0.3 is 0 Å². The summed E-state index contributed by atoms with van der Waals surface area (Å²) in [5, 5.41) is 10.5. The van der Waals surface area contributed by atoms with Crippen molar-refractivity contribution in [3.05, 3.63) is 47.0 Å². The first-order valence-electron chi connectivity index (χ1n) is 7.85. The quantitative estimate of drug-likeness (QED) is 0.771. The Kier molecular flexibility index (Phi) is 5.87. The minimum absolute atomic E-state index is 0.133. The van der Waals surface area contributed by atoms with E-state index in [9.17, 15) is 9.18 Å². The number of hydrogen-bond donors (Lipinski definition) is 2. The number of nitrogens with zero attached hydrogens (tertiary/aromatic N) is 2. The molecule has 2 rings (SSSR count). The van der Waals surface area contributed by atoms with Crippen molar-refractivity contribution < 1.29 is 9.18 Å². The van der Waals surface area contributed by atoms with E-state index in [1.165, 1.54) is 12.1 Å². The predicted octanol–water partition coefficient (Wildman–Crippen LogP) is 2.36. The molecule has 0 saturated carbocycles. The lowest BCUT2D eigenvalue weighted by molar-refractivity contribution is 0.0952. The first-order chi connectivity index (χ1) is 11.0. The summed E-state index contributed by atoms with van der Waals surface area (Å²) in [6, 6.07) is 6.05. The van der Waals surface area contributed by atoms with Crippen molar-refractivity contribution in [1.29, 1.82) is 0 Å². The van der Waals surface area contributed by atoms with Crippen LogP contribution in [0.5, 0.6) is 0 Å². The molecule has 0 unspecified atom stereocenters. The summed E-state index contributed by atoms with van der Waals surface area (Å²) in [5.74, 6) is -0.431. The molecular weight excluding hydrogens is 295 g/mol. The fraction of sp³-hybridized carbons (Fsp3) is 0.412. The van der Waals surface area contributed by atoms with Gasteiger partial charge in [-0.25, -0.2) is 9.07 Å². The van der Waals surface area contributed by atoms with Gasteiger partial charge in [0.2, 0.25) is 0 Å². The Morgan fingerprint density at radius 2 is 1.87 bits per heavy atom. The van der Waals surface area contributed by atoms with E-state index in [2.05, 4.69) is 22.7 Å². The van der Waals surface area contributed by atoms with Crippen LogP contribution < -0.4 is 10.6 Å². The van der Waals surface area contributed by atoms with Crippen molar-refractivity contribution >= 4 is 5.91 Å². The summed E-state index contributed by atoms with van der Waals surface area (Å²) in [5.41, 5.74) is 2.71. The lowest BCUT2D eigenvalue weighted by Gasteiger charge is -2.07. The Bertz CT molecular complexity index is 664. The van der Waals surface area contributed by atoms with E-state index >= 15 is 0 Å². The highest BCUT2D eigenvalue weighted by Gasteiger charge is 2.19. The zero-order chi connectivity index (χ0) is 16.8. The van der Waals surface area contributed by atoms with Crippen molar-refractivity contribution in [3.63, 3.8) is 0 Å². The monoisotopic (exact) mass is 318 g/mol. The normalized spacial score (nSPS) is 10.8. The molecule has 0 aliphatic heterocycles. The van der Waals surface area contributed by atoms with Gasteiger partial charge in [-0.05, 0) is 51.1 Å². The number of rotatable bonds is 7. The molecule has 0 radical (unpaired) electrons. The van der Waals surface area contributed by atoms with E-state index in [1.54, 1.807) is 23.7 Å². The summed E-state index contributed by atoms with van der Waals surface area (Å²) in [6.45, 7) is 7.99. The van der Waals surface area contributed by atoms with Gasteiger partial charge in [0.25, 0.3) is 5.91 Å². The standard InChI is InChI=1S/C17H23FN4O/c1-4-9-19-10-11-20-17(23)16-12(2)21-22(13(16)3)15-7-5-14(18)6-8-15/h5-8,19H,4,9-11H2,1-3H3,(H,20,23). The number of hydrogen-bond acceptors (Lipinski definition) is 3. The van der Waals surface area contributed by atoms with Crippen LogP contribution >= 0.6 is 0 Å². The molecule has 0 spiro atoms. The minimum atomic E-state index is -0.298. The Labute approximate surface area is 135 Å². The first kappa shape index (κ1) is 17.1. The van der Waals surface area contributed by atoms with E-state index in [0.717, 1.165) is 30.9 Å². The van der Waals surface area contributed by atoms with Crippen LogP contribution in [-0.2, 0) is 0 Å². The van der Waals surface area contributed by atoms with Crippen molar-refractivity contribution in [3.8, 4) is 5.69 Å². The molecule has 2 aromatic rings. The van der Waals surface area contributed by atoms with Gasteiger partial charge in [-0.1, -0.05) is 6.92 Å². The molecule has 0 fully saturated rings. The molecule has 0 atom stereocenters. The number of aromatic nitrogens is 2. The van der Waals surface area contributed by atoms with E-state index in [0.29, 0.717) is 17.8 Å². The number of benzene rings is 1. The second-order valence-corrected chi connectivity index (χ2v) is 5.44. The van der Waals surface area contributed by atoms with Crippen molar-refractivity contribution in [1.82, 2.24) is 20.4 Å². The average Bonchev–Trinajstić information content (AvgIpc) is 2.82. The van der Waals surface area contributed by atoms with Crippen molar-refractivity contribution in [2.75, 3.05) is 19.6 Å². The van der Waals surface area contributed by atoms with Crippen LogP contribution in [0.2, 0.25) is 0 Å². The summed E-state index contributed by atoms with van der Waals surface area (Å²) < 4.78 is 14.7. The second kappa shape index (κ2) is 7.87. The molecule has 1 aromatic heterocycles. The maximum atomic E-state index is 13.0. The van der Waals surface area contributed by atoms with Crippen LogP contribution in [0.1, 0.15) is 35.1 Å². The highest BCUT2D eigenvalue weighted by atomic mass is 19.1. The molecule has 1 amide bonds. The fourth-order valence-electron chi connectivity index (χ4n) is 2.46. The lowest BCUT2D eigenvalue weighted by Crippen LogP contribution is -2.32. The Balaban J connectivity index is 2.11. The van der Waals surface area contributed by atoms with Crippen LogP contribution in [0.15, 0.2) is 24.3 Å². The third-order valence-electron chi connectivity index (χ3n) is 3.60. The Morgan fingerprint density at radius 3 is 2.52 bits per heavy atom. The molecule has 0 saturated heterocycles. The molecule has 23 heavy (non-hydrogen) atoms. The number of nitrogens with one attached hydrogen (secondary N) is 2. The van der Waals surface area contributed by atoms with E-state index in [4.69, 9.17) is 0 Å². The molecule has 124 valence electrons. The zero-order valence-corrected chi connectivity index (χ0v) is 13.8. The van der Waals surface area contributed by atoms with Gasteiger partial charge in [-0.3, -0.25) is 4.79 Å². The number of halogens is 1. The molecule has 0 aliphatic rings. The van der Waals surface area contributed by atoms with E-state index < -0.39 is 0 Å². The second-order valence-electron chi connectivity index (χ2n) is 5.44. The van der Waals surface area contributed by atoms with E-state index in [1.807, 2.05) is 6.92 Å². The average molecular weight is 318 g/mol. The SMILES string of the molecule is CCCNCCNC(=O)c1c(C)nn(-c2ccc(F)cc2)c1C. The van der Waals surface area contributed by atoms with Gasteiger partial charge in [0.15, 0.2) is 0 Å². The number of amides is 1. The molecule has 6 heteroatoms. The van der Waals surface area contributed by atoms with Crippen LogP contribution in [0.25, 0.3) is 5.69 Å². The van der Waals surface area contributed by atoms with Crippen LogP contribution in [-0.4, -0.2) is 35.3 Å². The first-order valence-corrected chi connectivity index (χ1v) is 7.85. The van der Waals surface area contributed by atoms with Gasteiger partial charge in [-0.15, -0.1) is 0 Å². The molecular formula is C17H23FN4O. The van der Waals surface area contributed by atoms with Gasteiger partial charge in [0, 0.05) is 13.1 Å². The predicted molar refractivity (Wildman–Crippen MR) is 88.5 cm³/mol. The molecule has 2 N–H and O–H groups in total. The Morgan fingerprint density at radius 1 is 1.17 bits per heavy atom. The number of carbonyl (C=O) groups excluding carboxylic acids is 1. The molecule has 0 aliphatic carbocycles. The molecule has 1 heterocycles. The Hall–Kier alpha value is -2.21. The maximum Gasteiger partial charge on any atom is 0.255 e. The van der Waals surface area contributed by atoms with Gasteiger partial charge < -0.3 is 10.6 Å². The summed E-state index contributed by atoms with van der Waals surface area (Å²) in [4.78, 5) is 12.4. The third kappa shape index (κ3) is 4.16. The summed E-state index contributed by atoms with van der Waals surface area (Å²) in [7, 11) is 0.